The largest absolute Gasteiger partial charge is 0.460 e. The van der Waals surface area contributed by atoms with Crippen molar-refractivity contribution >= 4 is 41.0 Å². The molecule has 0 unspecified atom stereocenters. The number of allylic oxidation sites excluding steroid dienone is 1. The molecule has 3 amide bonds. The molecule has 4 aliphatic heterocycles. The van der Waals surface area contributed by atoms with Crippen LogP contribution in [-0.2, 0) is 28.7 Å². The number of fused-ring (bicyclic) bond motifs is 2. The van der Waals surface area contributed by atoms with Crippen molar-refractivity contribution in [2.24, 2.45) is 17.8 Å². The lowest BCUT2D eigenvalue weighted by atomic mass is 9.78. The summed E-state index contributed by atoms with van der Waals surface area (Å²) < 4.78 is 12.4. The molecule has 5 rings (SSSR count). The van der Waals surface area contributed by atoms with Gasteiger partial charge in [-0.1, -0.05) is 49.8 Å². The van der Waals surface area contributed by atoms with Crippen molar-refractivity contribution in [3.05, 3.63) is 53.6 Å². The Morgan fingerprint density at radius 2 is 1.86 bits per heavy atom. The Labute approximate surface area is 250 Å². The number of anilines is 1. The van der Waals surface area contributed by atoms with E-state index in [1.807, 2.05) is 13.8 Å². The van der Waals surface area contributed by atoms with Crippen LogP contribution >= 0.6 is 11.6 Å². The SMILES string of the molecule is CC(C)C[C@H](CO)N1C(=O)[C@@H]2[C@H]3C(=O)O[C@H](C)CNC(=O)CC/C=C\[C@H]3O[C@@]23C=CCN(c2ccc(Cl)cc2)C(=O)[C@@H]13. The Balaban J connectivity index is 1.62. The van der Waals surface area contributed by atoms with E-state index in [2.05, 4.69) is 5.32 Å². The zero-order valence-corrected chi connectivity index (χ0v) is 24.8. The summed E-state index contributed by atoms with van der Waals surface area (Å²) in [5.74, 6) is -3.56. The first kappa shape index (κ1) is 30.3. The number of rotatable bonds is 5. The molecule has 2 saturated heterocycles. The molecule has 42 heavy (non-hydrogen) atoms. The average molecular weight is 600 g/mol. The van der Waals surface area contributed by atoms with Gasteiger partial charge in [-0.3, -0.25) is 19.2 Å². The van der Waals surface area contributed by atoms with E-state index in [1.54, 1.807) is 60.4 Å². The van der Waals surface area contributed by atoms with Crippen molar-refractivity contribution in [2.75, 3.05) is 24.6 Å². The maximum atomic E-state index is 14.5. The van der Waals surface area contributed by atoms with Gasteiger partial charge in [0.2, 0.25) is 11.8 Å². The summed E-state index contributed by atoms with van der Waals surface area (Å²) in [5, 5.41) is 13.8. The van der Waals surface area contributed by atoms with Crippen LogP contribution in [0.2, 0.25) is 5.02 Å². The fourth-order valence-corrected chi connectivity index (χ4v) is 6.79. The van der Waals surface area contributed by atoms with E-state index in [4.69, 9.17) is 21.1 Å². The summed E-state index contributed by atoms with van der Waals surface area (Å²) >= 11 is 6.11. The van der Waals surface area contributed by atoms with Gasteiger partial charge in [-0.05, 0) is 49.9 Å². The van der Waals surface area contributed by atoms with Gasteiger partial charge in [0, 0.05) is 23.7 Å². The van der Waals surface area contributed by atoms with Crippen molar-refractivity contribution in [3.8, 4) is 0 Å². The second-order valence-corrected chi connectivity index (χ2v) is 12.3. The van der Waals surface area contributed by atoms with Gasteiger partial charge in [-0.15, -0.1) is 0 Å². The highest BCUT2D eigenvalue weighted by molar-refractivity contribution is 6.30. The standard InChI is InChI=1S/C31H38ClN3O7/c1-18(2)15-22(17-36)35-27-29(39)34(21-11-9-20(32)10-12-21)14-6-13-31(27)26(28(35)38)25-23(42-31)7-4-5-8-24(37)33-16-19(3)41-30(25)40/h4,6-7,9-13,18-19,22-23,25-27,36H,5,8,14-17H2,1-3H3,(H,33,37)/b7-4-/t19-,22-,23-,25+,26+,27-,31+/m1/s1. The van der Waals surface area contributed by atoms with Crippen LogP contribution in [0.1, 0.15) is 40.0 Å². The molecule has 1 aromatic rings. The molecule has 4 aliphatic rings. The zero-order valence-electron chi connectivity index (χ0n) is 24.1. The lowest BCUT2D eigenvalue weighted by Crippen LogP contribution is -2.58. The number of hydrogen-bond donors (Lipinski definition) is 2. The Bertz CT molecular complexity index is 1280. The molecule has 10 nitrogen and oxygen atoms in total. The number of aliphatic hydroxyl groups is 1. The van der Waals surface area contributed by atoms with Crippen LogP contribution < -0.4 is 10.2 Å². The van der Waals surface area contributed by atoms with Crippen LogP contribution in [-0.4, -0.2) is 83.3 Å². The summed E-state index contributed by atoms with van der Waals surface area (Å²) in [4.78, 5) is 58.0. The number of carbonyl (C=O) groups excluding carboxylic acids is 4. The Hall–Kier alpha value is -3.21. The van der Waals surface area contributed by atoms with E-state index in [-0.39, 0.29) is 43.8 Å². The number of halogens is 1. The number of ether oxygens (including phenoxy) is 2. The van der Waals surface area contributed by atoms with Crippen LogP contribution in [0.25, 0.3) is 0 Å². The van der Waals surface area contributed by atoms with E-state index in [1.165, 1.54) is 4.90 Å². The predicted octanol–water partition coefficient (Wildman–Crippen LogP) is 2.63. The second-order valence-electron chi connectivity index (χ2n) is 11.9. The van der Waals surface area contributed by atoms with Crippen LogP contribution in [0, 0.1) is 17.8 Å². The molecule has 0 saturated carbocycles. The average Bonchev–Trinajstić information content (AvgIpc) is 3.34. The molecular formula is C31H38ClN3O7. The Kier molecular flexibility index (Phi) is 8.78. The topological polar surface area (TPSA) is 125 Å². The lowest BCUT2D eigenvalue weighted by Gasteiger charge is -2.39. The molecule has 4 heterocycles. The van der Waals surface area contributed by atoms with Crippen molar-refractivity contribution in [2.45, 2.75) is 69.9 Å². The van der Waals surface area contributed by atoms with Gasteiger partial charge in [-0.25, -0.2) is 0 Å². The molecule has 7 atom stereocenters. The lowest BCUT2D eigenvalue weighted by molar-refractivity contribution is -0.159. The molecule has 226 valence electrons. The number of amides is 3. The maximum Gasteiger partial charge on any atom is 0.313 e. The molecular weight excluding hydrogens is 562 g/mol. The molecule has 2 fully saturated rings. The molecule has 0 aliphatic carbocycles. The van der Waals surface area contributed by atoms with Crippen LogP contribution in [0.5, 0.6) is 0 Å². The quantitative estimate of drug-likeness (QED) is 0.394. The van der Waals surface area contributed by atoms with Gasteiger partial charge in [0.1, 0.15) is 23.7 Å². The van der Waals surface area contributed by atoms with E-state index in [0.29, 0.717) is 23.6 Å². The zero-order chi connectivity index (χ0) is 30.2. The number of cyclic esters (lactones) is 1. The van der Waals surface area contributed by atoms with Crippen molar-refractivity contribution in [1.82, 2.24) is 10.2 Å². The third-order valence-corrected chi connectivity index (χ3v) is 8.71. The number of nitrogens with zero attached hydrogens (tertiary/aromatic N) is 2. The molecule has 1 spiro atoms. The Morgan fingerprint density at radius 3 is 2.55 bits per heavy atom. The highest BCUT2D eigenvalue weighted by Gasteiger charge is 2.72. The van der Waals surface area contributed by atoms with E-state index in [9.17, 15) is 24.3 Å². The minimum Gasteiger partial charge on any atom is -0.460 e. The number of carbonyl (C=O) groups is 4. The normalized spacial score (nSPS) is 33.1. The van der Waals surface area contributed by atoms with Crippen LogP contribution in [0.15, 0.2) is 48.6 Å². The predicted molar refractivity (Wildman–Crippen MR) is 155 cm³/mol. The first-order valence-corrected chi connectivity index (χ1v) is 14.9. The highest BCUT2D eigenvalue weighted by atomic mass is 35.5. The smallest absolute Gasteiger partial charge is 0.313 e. The third kappa shape index (κ3) is 5.47. The number of hydrogen-bond acceptors (Lipinski definition) is 7. The van der Waals surface area contributed by atoms with Gasteiger partial charge in [0.25, 0.3) is 5.91 Å². The minimum absolute atomic E-state index is 0.120. The summed E-state index contributed by atoms with van der Waals surface area (Å²) in [6.45, 7) is 5.64. The van der Waals surface area contributed by atoms with Gasteiger partial charge < -0.3 is 29.7 Å². The van der Waals surface area contributed by atoms with Gasteiger partial charge >= 0.3 is 5.97 Å². The van der Waals surface area contributed by atoms with Crippen molar-refractivity contribution in [1.29, 1.82) is 0 Å². The second kappa shape index (κ2) is 12.2. The number of aliphatic hydroxyl groups excluding tert-OH is 1. The van der Waals surface area contributed by atoms with Crippen LogP contribution in [0.3, 0.4) is 0 Å². The summed E-state index contributed by atoms with van der Waals surface area (Å²) in [7, 11) is 0. The number of benzene rings is 1. The van der Waals surface area contributed by atoms with E-state index < -0.39 is 53.6 Å². The fraction of sp³-hybridized carbons (Fsp3) is 0.548. The fourth-order valence-electron chi connectivity index (χ4n) is 6.67. The molecule has 0 radical (unpaired) electrons. The third-order valence-electron chi connectivity index (χ3n) is 8.46. The maximum absolute atomic E-state index is 14.5. The van der Waals surface area contributed by atoms with Crippen molar-refractivity contribution < 1.29 is 33.8 Å². The van der Waals surface area contributed by atoms with E-state index in [0.717, 1.165) is 0 Å². The highest BCUT2D eigenvalue weighted by Crippen LogP contribution is 2.54. The van der Waals surface area contributed by atoms with Crippen LogP contribution in [0.4, 0.5) is 5.69 Å². The van der Waals surface area contributed by atoms with Gasteiger partial charge in [0.15, 0.2) is 0 Å². The molecule has 0 bridgehead atoms. The summed E-state index contributed by atoms with van der Waals surface area (Å²) in [6, 6.07) is 5.06. The number of nitrogens with one attached hydrogen (secondary N) is 1. The monoisotopic (exact) mass is 599 g/mol. The summed E-state index contributed by atoms with van der Waals surface area (Å²) in [6.07, 6.45) is 6.64. The first-order valence-electron chi connectivity index (χ1n) is 14.6. The molecule has 0 aromatic heterocycles. The first-order chi connectivity index (χ1) is 20.1. The summed E-state index contributed by atoms with van der Waals surface area (Å²) in [5.41, 5.74) is -0.878. The number of likely N-dealkylation sites (tertiary alicyclic amines) is 1. The number of esters is 1. The molecule has 1 aromatic carbocycles. The van der Waals surface area contributed by atoms with Crippen molar-refractivity contribution in [3.63, 3.8) is 0 Å². The van der Waals surface area contributed by atoms with Gasteiger partial charge in [0.05, 0.1) is 31.2 Å². The molecule has 2 N–H and O–H groups in total. The Morgan fingerprint density at radius 1 is 1.12 bits per heavy atom. The molecule has 11 heteroatoms. The van der Waals surface area contributed by atoms with Gasteiger partial charge in [-0.2, -0.15) is 0 Å². The minimum atomic E-state index is -1.48. The van der Waals surface area contributed by atoms with E-state index >= 15 is 0 Å².